The topological polar surface area (TPSA) is 26.3 Å². The predicted octanol–water partition coefficient (Wildman–Crippen LogP) is 5.82. The van der Waals surface area contributed by atoms with Gasteiger partial charge in [-0.15, -0.1) is 0 Å². The highest BCUT2D eigenvalue weighted by molar-refractivity contribution is 6.09. The van der Waals surface area contributed by atoms with Crippen LogP contribution in [0.2, 0.25) is 0 Å². The summed E-state index contributed by atoms with van der Waals surface area (Å²) in [7, 11) is 0. The molecule has 0 atom stereocenters. The first-order valence-electron chi connectivity index (χ1n) is 8.71. The Morgan fingerprint density at radius 2 is 1.67 bits per heavy atom. The first-order valence-corrected chi connectivity index (χ1v) is 8.71. The van der Waals surface area contributed by atoms with E-state index in [-0.39, 0.29) is 5.78 Å². The Balaban J connectivity index is 2.14. The fourth-order valence-corrected chi connectivity index (χ4v) is 2.43. The molecule has 0 bridgehead atoms. The number of Topliss-reactive ketones (excluding diaryl/α,β-unsaturated/α-hetero) is 1. The summed E-state index contributed by atoms with van der Waals surface area (Å²) >= 11 is 0. The maximum atomic E-state index is 12.7. The summed E-state index contributed by atoms with van der Waals surface area (Å²) in [5.41, 5.74) is 2.83. The number of unbranched alkanes of at least 4 members (excludes halogenated alkanes) is 3. The van der Waals surface area contributed by atoms with Crippen LogP contribution in [0.4, 0.5) is 0 Å². The number of ether oxygens (including phenoxy) is 1. The standard InChI is InChI=1S/C22H26O2/c1-3-4-5-9-16-24-21(17-19-14-12-18(2)13-15-19)22(23)20-10-7-6-8-11-20/h6-8,10-15,17H,3-5,9,16H2,1-2H3. The van der Waals surface area contributed by atoms with Crippen LogP contribution >= 0.6 is 0 Å². The Morgan fingerprint density at radius 1 is 0.958 bits per heavy atom. The zero-order chi connectivity index (χ0) is 17.2. The number of benzene rings is 2. The Bertz CT molecular complexity index is 654. The Labute approximate surface area is 145 Å². The Morgan fingerprint density at radius 3 is 2.33 bits per heavy atom. The lowest BCUT2D eigenvalue weighted by Gasteiger charge is -2.10. The smallest absolute Gasteiger partial charge is 0.227 e. The van der Waals surface area contributed by atoms with E-state index in [1.54, 1.807) is 0 Å². The van der Waals surface area contributed by atoms with Gasteiger partial charge < -0.3 is 4.74 Å². The molecule has 0 unspecified atom stereocenters. The molecule has 0 aromatic heterocycles. The van der Waals surface area contributed by atoms with Crippen molar-refractivity contribution in [2.45, 2.75) is 39.5 Å². The van der Waals surface area contributed by atoms with E-state index in [1.807, 2.05) is 67.6 Å². The Kier molecular flexibility index (Phi) is 7.28. The number of allylic oxidation sites excluding steroid dienone is 1. The van der Waals surface area contributed by atoms with Gasteiger partial charge in [0, 0.05) is 5.56 Å². The van der Waals surface area contributed by atoms with Gasteiger partial charge in [-0.2, -0.15) is 0 Å². The number of hydrogen-bond donors (Lipinski definition) is 0. The second-order valence-corrected chi connectivity index (χ2v) is 6.02. The molecule has 0 radical (unpaired) electrons. The van der Waals surface area contributed by atoms with E-state index in [0.717, 1.165) is 18.4 Å². The third kappa shape index (κ3) is 5.69. The van der Waals surface area contributed by atoms with Crippen molar-refractivity contribution >= 4 is 11.9 Å². The summed E-state index contributed by atoms with van der Waals surface area (Å²) in [5.74, 6) is 0.355. The second kappa shape index (κ2) is 9.71. The minimum atomic E-state index is -0.0633. The molecular formula is C22H26O2. The van der Waals surface area contributed by atoms with Crippen molar-refractivity contribution in [3.8, 4) is 0 Å². The van der Waals surface area contributed by atoms with Crippen molar-refractivity contribution in [1.82, 2.24) is 0 Å². The number of carbonyl (C=O) groups excluding carboxylic acids is 1. The van der Waals surface area contributed by atoms with E-state index in [1.165, 1.54) is 18.4 Å². The maximum Gasteiger partial charge on any atom is 0.227 e. The van der Waals surface area contributed by atoms with Crippen LogP contribution in [-0.4, -0.2) is 12.4 Å². The van der Waals surface area contributed by atoms with E-state index >= 15 is 0 Å². The van der Waals surface area contributed by atoms with Crippen LogP contribution in [-0.2, 0) is 4.74 Å². The van der Waals surface area contributed by atoms with Gasteiger partial charge in [-0.25, -0.2) is 0 Å². The van der Waals surface area contributed by atoms with Crippen LogP contribution < -0.4 is 0 Å². The average molecular weight is 322 g/mol. The number of aryl methyl sites for hydroxylation is 1. The molecule has 24 heavy (non-hydrogen) atoms. The van der Waals surface area contributed by atoms with Gasteiger partial charge in [0.05, 0.1) is 6.61 Å². The van der Waals surface area contributed by atoms with Crippen LogP contribution in [0.15, 0.2) is 60.4 Å². The molecule has 0 fully saturated rings. The van der Waals surface area contributed by atoms with E-state index in [2.05, 4.69) is 6.92 Å². The van der Waals surface area contributed by atoms with Crippen LogP contribution in [0.1, 0.15) is 54.1 Å². The van der Waals surface area contributed by atoms with E-state index in [0.29, 0.717) is 17.9 Å². The third-order valence-electron chi connectivity index (χ3n) is 3.89. The molecule has 2 rings (SSSR count). The molecular weight excluding hydrogens is 296 g/mol. The highest BCUT2D eigenvalue weighted by Crippen LogP contribution is 2.16. The SMILES string of the molecule is CCCCCCOC(=Cc1ccc(C)cc1)C(=O)c1ccccc1. The summed E-state index contributed by atoms with van der Waals surface area (Å²) in [4.78, 5) is 12.7. The van der Waals surface area contributed by atoms with Crippen molar-refractivity contribution in [3.05, 3.63) is 77.0 Å². The number of rotatable bonds is 9. The fraction of sp³-hybridized carbons (Fsp3) is 0.318. The molecule has 2 heteroatoms. The first-order chi connectivity index (χ1) is 11.7. The molecule has 0 spiro atoms. The molecule has 0 aliphatic heterocycles. The van der Waals surface area contributed by atoms with Gasteiger partial charge in [-0.1, -0.05) is 86.3 Å². The maximum absolute atomic E-state index is 12.7. The molecule has 0 aliphatic carbocycles. The highest BCUT2D eigenvalue weighted by atomic mass is 16.5. The lowest BCUT2D eigenvalue weighted by Crippen LogP contribution is -2.08. The quantitative estimate of drug-likeness (QED) is 0.252. The zero-order valence-electron chi connectivity index (χ0n) is 14.6. The lowest BCUT2D eigenvalue weighted by atomic mass is 10.1. The van der Waals surface area contributed by atoms with E-state index < -0.39 is 0 Å². The van der Waals surface area contributed by atoms with Gasteiger partial charge in [-0.3, -0.25) is 4.79 Å². The van der Waals surface area contributed by atoms with Crippen LogP contribution in [0.5, 0.6) is 0 Å². The first kappa shape index (κ1) is 18.0. The average Bonchev–Trinajstić information content (AvgIpc) is 2.62. The summed E-state index contributed by atoms with van der Waals surface area (Å²) in [6.07, 6.45) is 6.34. The summed E-state index contributed by atoms with van der Waals surface area (Å²) in [6, 6.07) is 17.4. The highest BCUT2D eigenvalue weighted by Gasteiger charge is 2.13. The van der Waals surface area contributed by atoms with Crippen molar-refractivity contribution < 1.29 is 9.53 Å². The summed E-state index contributed by atoms with van der Waals surface area (Å²) in [5, 5.41) is 0. The number of ketones is 1. The molecule has 0 saturated carbocycles. The summed E-state index contributed by atoms with van der Waals surface area (Å²) < 4.78 is 5.85. The molecule has 0 aliphatic rings. The molecule has 0 saturated heterocycles. The van der Waals surface area contributed by atoms with Crippen molar-refractivity contribution in [3.63, 3.8) is 0 Å². The van der Waals surface area contributed by atoms with Crippen molar-refractivity contribution in [2.75, 3.05) is 6.61 Å². The lowest BCUT2D eigenvalue weighted by molar-refractivity contribution is 0.0919. The van der Waals surface area contributed by atoms with Crippen molar-refractivity contribution in [1.29, 1.82) is 0 Å². The molecule has 0 amide bonds. The Hall–Kier alpha value is -2.35. The molecule has 126 valence electrons. The predicted molar refractivity (Wildman–Crippen MR) is 100 cm³/mol. The van der Waals surface area contributed by atoms with Gasteiger partial charge in [0.25, 0.3) is 0 Å². The van der Waals surface area contributed by atoms with E-state index in [4.69, 9.17) is 4.74 Å². The third-order valence-corrected chi connectivity index (χ3v) is 3.89. The number of hydrogen-bond acceptors (Lipinski definition) is 2. The second-order valence-electron chi connectivity index (χ2n) is 6.02. The molecule has 2 aromatic carbocycles. The largest absolute Gasteiger partial charge is 0.489 e. The minimum absolute atomic E-state index is 0.0633. The summed E-state index contributed by atoms with van der Waals surface area (Å²) in [6.45, 7) is 4.81. The van der Waals surface area contributed by atoms with Gasteiger partial charge in [0.2, 0.25) is 5.78 Å². The van der Waals surface area contributed by atoms with Gasteiger partial charge in [-0.05, 0) is 25.0 Å². The van der Waals surface area contributed by atoms with Crippen LogP contribution in [0.25, 0.3) is 6.08 Å². The van der Waals surface area contributed by atoms with Gasteiger partial charge in [0.15, 0.2) is 5.76 Å². The molecule has 0 N–H and O–H groups in total. The molecule has 2 aromatic rings. The fourth-order valence-electron chi connectivity index (χ4n) is 2.43. The molecule has 0 heterocycles. The van der Waals surface area contributed by atoms with Gasteiger partial charge >= 0.3 is 0 Å². The van der Waals surface area contributed by atoms with Crippen LogP contribution in [0, 0.1) is 6.92 Å². The minimum Gasteiger partial charge on any atom is -0.489 e. The van der Waals surface area contributed by atoms with E-state index in [9.17, 15) is 4.79 Å². The normalized spacial score (nSPS) is 11.3. The van der Waals surface area contributed by atoms with Gasteiger partial charge in [0.1, 0.15) is 0 Å². The van der Waals surface area contributed by atoms with Crippen LogP contribution in [0.3, 0.4) is 0 Å². The zero-order valence-corrected chi connectivity index (χ0v) is 14.6. The monoisotopic (exact) mass is 322 g/mol. The van der Waals surface area contributed by atoms with Crippen molar-refractivity contribution in [2.24, 2.45) is 0 Å². The number of carbonyl (C=O) groups is 1. The molecule has 2 nitrogen and oxygen atoms in total.